The van der Waals surface area contributed by atoms with E-state index in [0.29, 0.717) is 0 Å². The molecule has 76 valence electrons. The van der Waals surface area contributed by atoms with Crippen LogP contribution in [0.4, 0.5) is 5.69 Å². The van der Waals surface area contributed by atoms with E-state index in [0.717, 1.165) is 24.5 Å². The Morgan fingerprint density at radius 3 is 2.64 bits per heavy atom. The van der Waals surface area contributed by atoms with Crippen molar-refractivity contribution in [2.24, 2.45) is 4.99 Å². The summed E-state index contributed by atoms with van der Waals surface area (Å²) in [5.41, 5.74) is 1.10. The molecule has 0 bridgehead atoms. The molecule has 2 heteroatoms. The lowest BCUT2D eigenvalue weighted by Crippen LogP contribution is -2.07. The molecular formula is C12H18N2. The molecule has 0 aliphatic heterocycles. The highest BCUT2D eigenvalue weighted by Crippen LogP contribution is 2.04. The maximum Gasteiger partial charge on any atom is 0.0975 e. The first kappa shape index (κ1) is 10.8. The summed E-state index contributed by atoms with van der Waals surface area (Å²) in [5, 5.41) is 3.25. The van der Waals surface area contributed by atoms with E-state index in [1.54, 1.807) is 0 Å². The van der Waals surface area contributed by atoms with Gasteiger partial charge in [-0.1, -0.05) is 31.5 Å². The Morgan fingerprint density at radius 2 is 2.00 bits per heavy atom. The van der Waals surface area contributed by atoms with E-state index in [4.69, 9.17) is 0 Å². The molecule has 1 N–H and O–H groups in total. The highest BCUT2D eigenvalue weighted by molar-refractivity contribution is 5.93. The molecule has 0 aliphatic rings. The summed E-state index contributed by atoms with van der Waals surface area (Å²) in [6.45, 7) is 5.10. The minimum Gasteiger partial charge on any atom is -0.344 e. The van der Waals surface area contributed by atoms with Crippen LogP contribution in [0.25, 0.3) is 0 Å². The third kappa shape index (κ3) is 4.08. The Balaban J connectivity index is 2.40. The first-order valence-corrected chi connectivity index (χ1v) is 5.16. The van der Waals surface area contributed by atoms with Crippen LogP contribution in [0.5, 0.6) is 0 Å². The van der Waals surface area contributed by atoms with Gasteiger partial charge >= 0.3 is 0 Å². The zero-order valence-electron chi connectivity index (χ0n) is 8.96. The maximum absolute atomic E-state index is 4.41. The van der Waals surface area contributed by atoms with E-state index in [2.05, 4.69) is 17.2 Å². The molecule has 0 unspecified atom stereocenters. The first-order chi connectivity index (χ1) is 6.83. The highest BCUT2D eigenvalue weighted by Gasteiger charge is 1.91. The lowest BCUT2D eigenvalue weighted by Gasteiger charge is -2.04. The molecule has 0 saturated carbocycles. The topological polar surface area (TPSA) is 24.4 Å². The second kappa shape index (κ2) is 6.19. The van der Waals surface area contributed by atoms with Crippen molar-refractivity contribution in [3.63, 3.8) is 0 Å². The standard InChI is InChI=1S/C12H18N2/c1-3-4-10-13-11(2)14-12-8-6-5-7-9-12/h5-9H,3-4,10H2,1-2H3,(H,13,14). The summed E-state index contributed by atoms with van der Waals surface area (Å²) in [4.78, 5) is 4.41. The average molecular weight is 190 g/mol. The predicted molar refractivity (Wildman–Crippen MR) is 62.9 cm³/mol. The van der Waals surface area contributed by atoms with Gasteiger partial charge in [-0.15, -0.1) is 0 Å². The van der Waals surface area contributed by atoms with Crippen LogP contribution in [0, 0.1) is 0 Å². The molecule has 0 aromatic heterocycles. The van der Waals surface area contributed by atoms with Gasteiger partial charge in [-0.3, -0.25) is 4.99 Å². The molecule has 0 radical (unpaired) electrons. The van der Waals surface area contributed by atoms with Gasteiger partial charge in [0.05, 0.1) is 5.84 Å². The maximum atomic E-state index is 4.41. The number of nitrogens with zero attached hydrogens (tertiary/aromatic N) is 1. The van der Waals surface area contributed by atoms with Gasteiger partial charge in [0, 0.05) is 12.2 Å². The Hall–Kier alpha value is -1.31. The SMILES string of the molecule is CCCCN=C(C)Nc1ccccc1. The third-order valence-corrected chi connectivity index (χ3v) is 1.96. The fourth-order valence-corrected chi connectivity index (χ4v) is 1.17. The summed E-state index contributed by atoms with van der Waals surface area (Å²) in [7, 11) is 0. The van der Waals surface area contributed by atoms with E-state index >= 15 is 0 Å². The van der Waals surface area contributed by atoms with Gasteiger partial charge in [0.1, 0.15) is 0 Å². The molecule has 2 nitrogen and oxygen atoms in total. The number of rotatable bonds is 4. The fraction of sp³-hybridized carbons (Fsp3) is 0.417. The van der Waals surface area contributed by atoms with Crippen LogP contribution >= 0.6 is 0 Å². The molecule has 0 heterocycles. The number of unbranched alkanes of at least 4 members (excludes halogenated alkanes) is 1. The summed E-state index contributed by atoms with van der Waals surface area (Å²) in [6, 6.07) is 10.1. The van der Waals surface area contributed by atoms with Gasteiger partial charge in [0.25, 0.3) is 0 Å². The summed E-state index contributed by atoms with van der Waals surface area (Å²) in [5.74, 6) is 0.990. The number of para-hydroxylation sites is 1. The largest absolute Gasteiger partial charge is 0.344 e. The van der Waals surface area contributed by atoms with Crippen molar-refractivity contribution in [2.45, 2.75) is 26.7 Å². The number of amidine groups is 1. The van der Waals surface area contributed by atoms with Gasteiger partial charge in [0.15, 0.2) is 0 Å². The van der Waals surface area contributed by atoms with E-state index in [1.807, 2.05) is 37.3 Å². The molecule has 0 saturated heterocycles. The zero-order valence-corrected chi connectivity index (χ0v) is 8.96. The zero-order chi connectivity index (χ0) is 10.2. The predicted octanol–water partition coefficient (Wildman–Crippen LogP) is 3.32. The Morgan fingerprint density at radius 1 is 1.29 bits per heavy atom. The number of aliphatic imine (C=N–C) groups is 1. The highest BCUT2D eigenvalue weighted by atomic mass is 15.0. The molecular weight excluding hydrogens is 172 g/mol. The van der Waals surface area contributed by atoms with Crippen molar-refractivity contribution in [3.8, 4) is 0 Å². The molecule has 1 rings (SSSR count). The molecule has 0 fully saturated rings. The van der Waals surface area contributed by atoms with E-state index in [9.17, 15) is 0 Å². The average Bonchev–Trinajstić information content (AvgIpc) is 2.20. The Kier molecular flexibility index (Phi) is 4.76. The first-order valence-electron chi connectivity index (χ1n) is 5.16. The molecule has 1 aromatic carbocycles. The summed E-state index contributed by atoms with van der Waals surface area (Å²) in [6.07, 6.45) is 2.36. The van der Waals surface area contributed by atoms with Crippen molar-refractivity contribution in [1.29, 1.82) is 0 Å². The van der Waals surface area contributed by atoms with Gasteiger partial charge in [0.2, 0.25) is 0 Å². The second-order valence-corrected chi connectivity index (χ2v) is 3.31. The van der Waals surface area contributed by atoms with Crippen LogP contribution in [0.2, 0.25) is 0 Å². The smallest absolute Gasteiger partial charge is 0.0975 e. The van der Waals surface area contributed by atoms with Crippen LogP contribution in [0.15, 0.2) is 35.3 Å². The number of hydrogen-bond donors (Lipinski definition) is 1. The van der Waals surface area contributed by atoms with Crippen molar-refractivity contribution in [1.82, 2.24) is 0 Å². The normalized spacial score (nSPS) is 11.4. The molecule has 0 amide bonds. The number of benzene rings is 1. The van der Waals surface area contributed by atoms with Gasteiger partial charge < -0.3 is 5.32 Å². The summed E-state index contributed by atoms with van der Waals surface area (Å²) < 4.78 is 0. The molecule has 1 aromatic rings. The molecule has 0 atom stereocenters. The number of nitrogens with one attached hydrogen (secondary N) is 1. The van der Waals surface area contributed by atoms with Crippen LogP contribution in [-0.4, -0.2) is 12.4 Å². The van der Waals surface area contributed by atoms with Crippen molar-refractivity contribution in [2.75, 3.05) is 11.9 Å². The molecule has 0 spiro atoms. The molecule has 14 heavy (non-hydrogen) atoms. The van der Waals surface area contributed by atoms with Gasteiger partial charge in [-0.2, -0.15) is 0 Å². The van der Waals surface area contributed by atoms with Gasteiger partial charge in [-0.25, -0.2) is 0 Å². The van der Waals surface area contributed by atoms with Crippen molar-refractivity contribution >= 4 is 11.5 Å². The van der Waals surface area contributed by atoms with Crippen molar-refractivity contribution in [3.05, 3.63) is 30.3 Å². The van der Waals surface area contributed by atoms with E-state index < -0.39 is 0 Å². The summed E-state index contributed by atoms with van der Waals surface area (Å²) >= 11 is 0. The van der Waals surface area contributed by atoms with Crippen molar-refractivity contribution < 1.29 is 0 Å². The van der Waals surface area contributed by atoms with Crippen LogP contribution in [0.1, 0.15) is 26.7 Å². The monoisotopic (exact) mass is 190 g/mol. The minimum atomic E-state index is 0.919. The second-order valence-electron chi connectivity index (χ2n) is 3.31. The number of hydrogen-bond acceptors (Lipinski definition) is 1. The van der Waals surface area contributed by atoms with Crippen LogP contribution < -0.4 is 5.32 Å². The Labute approximate surface area is 86.1 Å². The van der Waals surface area contributed by atoms with Crippen LogP contribution in [0.3, 0.4) is 0 Å². The third-order valence-electron chi connectivity index (χ3n) is 1.96. The quantitative estimate of drug-likeness (QED) is 0.439. The molecule has 0 aliphatic carbocycles. The van der Waals surface area contributed by atoms with E-state index in [-0.39, 0.29) is 0 Å². The Bertz CT molecular complexity index is 278. The lowest BCUT2D eigenvalue weighted by atomic mass is 10.3. The van der Waals surface area contributed by atoms with Crippen LogP contribution in [-0.2, 0) is 0 Å². The van der Waals surface area contributed by atoms with Gasteiger partial charge in [-0.05, 0) is 25.5 Å². The van der Waals surface area contributed by atoms with E-state index in [1.165, 1.54) is 6.42 Å². The number of anilines is 1. The fourth-order valence-electron chi connectivity index (χ4n) is 1.17. The lowest BCUT2D eigenvalue weighted by molar-refractivity contribution is 0.807. The minimum absolute atomic E-state index is 0.919.